The van der Waals surface area contributed by atoms with Crippen molar-refractivity contribution in [1.82, 2.24) is 5.32 Å². The van der Waals surface area contributed by atoms with Gasteiger partial charge in [-0.2, -0.15) is 0 Å². The Balaban J connectivity index is 1.75. The predicted octanol–water partition coefficient (Wildman–Crippen LogP) is 1.52. The van der Waals surface area contributed by atoms with Gasteiger partial charge in [0.15, 0.2) is 0 Å². The molecule has 0 radical (unpaired) electrons. The number of carbonyl (C=O) groups excluding carboxylic acids is 3. The van der Waals surface area contributed by atoms with Gasteiger partial charge in [0, 0.05) is 0 Å². The van der Waals surface area contributed by atoms with E-state index in [0.717, 1.165) is 20.7 Å². The molecule has 114 valence electrons. The molecule has 23 heavy (non-hydrogen) atoms. The van der Waals surface area contributed by atoms with Crippen LogP contribution in [-0.2, 0) is 14.3 Å². The molecule has 1 aromatic carbocycles. The second-order valence-corrected chi connectivity index (χ2v) is 14.6. The van der Waals surface area contributed by atoms with Gasteiger partial charge in [-0.05, 0) is 0 Å². The fourth-order valence-electron chi connectivity index (χ4n) is 3.51. The zero-order valence-corrected chi connectivity index (χ0v) is 16.5. The van der Waals surface area contributed by atoms with Gasteiger partial charge in [-0.15, -0.1) is 0 Å². The van der Waals surface area contributed by atoms with Crippen molar-refractivity contribution in [2.24, 2.45) is 0 Å². The molecular weight excluding hydrogens is 417 g/mol. The normalized spacial score (nSPS) is 20.9. The Morgan fingerprint density at radius 3 is 2.83 bits per heavy atom. The number of nitrogens with one attached hydrogen (secondary N) is 1. The van der Waals surface area contributed by atoms with Crippen molar-refractivity contribution in [2.45, 2.75) is 12.8 Å². The number of ether oxygens (including phenoxy) is 1. The van der Waals surface area contributed by atoms with Gasteiger partial charge in [-0.1, -0.05) is 0 Å². The van der Waals surface area contributed by atoms with Crippen LogP contribution in [0, 0.1) is 0 Å². The van der Waals surface area contributed by atoms with Gasteiger partial charge in [0.1, 0.15) is 0 Å². The molecule has 7 heteroatoms. The van der Waals surface area contributed by atoms with Crippen LogP contribution in [0.2, 0.25) is 0 Å². The molecule has 1 saturated heterocycles. The van der Waals surface area contributed by atoms with Gasteiger partial charge in [0.05, 0.1) is 0 Å². The van der Waals surface area contributed by atoms with Crippen LogP contribution in [0.25, 0.3) is 9.41 Å². The summed E-state index contributed by atoms with van der Waals surface area (Å²) in [5.41, 5.74) is 2.31. The molecule has 1 N–H and O–H groups in total. The molecule has 0 unspecified atom stereocenters. The molecule has 0 spiro atoms. The van der Waals surface area contributed by atoms with E-state index in [1.54, 1.807) is 0 Å². The van der Waals surface area contributed by atoms with E-state index in [1.165, 1.54) is 19.3 Å². The third-order valence-corrected chi connectivity index (χ3v) is 15.9. The summed E-state index contributed by atoms with van der Waals surface area (Å²) >= 11 is -1.53. The summed E-state index contributed by atoms with van der Waals surface area (Å²) in [5, 5.41) is 2.06. The first-order valence-electron chi connectivity index (χ1n) is 7.28. The number of allylic oxidation sites excluding steroid dienone is 1. The number of imide groups is 1. The van der Waals surface area contributed by atoms with Crippen LogP contribution in [0.5, 0.6) is 0 Å². The predicted molar refractivity (Wildman–Crippen MR) is 89.1 cm³/mol. The van der Waals surface area contributed by atoms with Gasteiger partial charge >= 0.3 is 145 Å². The Bertz CT molecular complexity index is 842. The van der Waals surface area contributed by atoms with Crippen molar-refractivity contribution >= 4 is 63.0 Å². The van der Waals surface area contributed by atoms with Gasteiger partial charge in [-0.25, -0.2) is 0 Å². The van der Waals surface area contributed by atoms with Crippen LogP contribution in [0.3, 0.4) is 0 Å². The fraction of sp³-hybridized carbons (Fsp3) is 0.188. The SMILES string of the molecule is COC(=O)CC[C]1=Cc2c3ccc[c]2[In]1/[C]3=C1\SC(=O)NC1=O. The molecule has 1 fully saturated rings. The molecular formula is C16H12InNO4S. The average molecular weight is 429 g/mol. The molecule has 4 rings (SSSR count). The first-order valence-corrected chi connectivity index (χ1v) is 13.0. The second kappa shape index (κ2) is 5.56. The monoisotopic (exact) mass is 429 g/mol. The zero-order valence-electron chi connectivity index (χ0n) is 12.3. The number of carbonyl (C=O) groups is 3. The third-order valence-electron chi connectivity index (χ3n) is 4.44. The number of esters is 1. The van der Waals surface area contributed by atoms with E-state index in [1.807, 2.05) is 12.1 Å². The van der Waals surface area contributed by atoms with Crippen LogP contribution < -0.4 is 8.64 Å². The summed E-state index contributed by atoms with van der Waals surface area (Å²) in [7, 11) is 1.39. The van der Waals surface area contributed by atoms with Crippen molar-refractivity contribution in [3.8, 4) is 0 Å². The van der Waals surface area contributed by atoms with Gasteiger partial charge < -0.3 is 0 Å². The van der Waals surface area contributed by atoms with Gasteiger partial charge in [0.2, 0.25) is 0 Å². The number of hydrogen-bond donors (Lipinski definition) is 1. The van der Waals surface area contributed by atoms with Crippen molar-refractivity contribution in [3.63, 3.8) is 0 Å². The quantitative estimate of drug-likeness (QED) is 0.583. The molecule has 5 nitrogen and oxygen atoms in total. The van der Waals surface area contributed by atoms with E-state index >= 15 is 0 Å². The third kappa shape index (κ3) is 2.29. The summed E-state index contributed by atoms with van der Waals surface area (Å²) in [4.78, 5) is 35.7. The minimum atomic E-state index is -2.54. The Morgan fingerprint density at radius 1 is 1.35 bits per heavy atom. The maximum atomic E-state index is 12.1. The number of rotatable bonds is 3. The molecule has 0 aliphatic carbocycles. The Kier molecular flexibility index (Phi) is 3.65. The number of methoxy groups -OCH3 is 1. The molecule has 3 aliphatic heterocycles. The van der Waals surface area contributed by atoms with E-state index in [0.29, 0.717) is 17.7 Å². The standard InChI is InChI=1S/C16H12NO4S.In/c1-21-14(18)9-5-4-7-11-6-2-3-8-12(11)10-13-15(19)17-16(20)22-13;/h2-3,7-8H,5,9H2,1H3,(H,17,19,20);. The number of thioether (sulfide) groups is 1. The summed E-state index contributed by atoms with van der Waals surface area (Å²) < 4.78 is 8.50. The summed E-state index contributed by atoms with van der Waals surface area (Å²) in [6.45, 7) is 0. The van der Waals surface area contributed by atoms with E-state index < -0.39 is 21.4 Å². The fourth-order valence-corrected chi connectivity index (χ4v) is 15.9. The first-order chi connectivity index (χ1) is 11.1. The average Bonchev–Trinajstić information content (AvgIpc) is 3.11. The first kappa shape index (κ1) is 15.1. The van der Waals surface area contributed by atoms with Crippen LogP contribution >= 0.6 is 11.8 Å². The Labute approximate surface area is 144 Å². The Morgan fingerprint density at radius 2 is 2.17 bits per heavy atom. The number of amides is 2. The van der Waals surface area contributed by atoms with Gasteiger partial charge in [0.25, 0.3) is 0 Å². The van der Waals surface area contributed by atoms with E-state index in [4.69, 9.17) is 4.74 Å². The van der Waals surface area contributed by atoms with Crippen molar-refractivity contribution in [2.75, 3.05) is 7.11 Å². The van der Waals surface area contributed by atoms with Crippen molar-refractivity contribution in [1.29, 1.82) is 0 Å². The second-order valence-electron chi connectivity index (χ2n) is 5.62. The van der Waals surface area contributed by atoms with Crippen LogP contribution in [0.15, 0.2) is 26.4 Å². The van der Waals surface area contributed by atoms with Crippen LogP contribution in [0.4, 0.5) is 4.79 Å². The van der Waals surface area contributed by atoms with E-state index in [2.05, 4.69) is 17.5 Å². The number of hydrogen-bond acceptors (Lipinski definition) is 5. The molecule has 1 aromatic rings. The number of benzene rings is 1. The topological polar surface area (TPSA) is 72.5 Å². The molecule has 0 atom stereocenters. The van der Waals surface area contributed by atoms with E-state index in [9.17, 15) is 14.4 Å². The summed E-state index contributed by atoms with van der Waals surface area (Å²) in [6, 6.07) is 6.18. The summed E-state index contributed by atoms with van der Waals surface area (Å²) in [5.74, 6) is -0.496. The maximum absolute atomic E-state index is 12.1. The molecule has 0 saturated carbocycles. The van der Waals surface area contributed by atoms with Crippen molar-refractivity contribution < 1.29 is 19.1 Å². The summed E-state index contributed by atoms with van der Waals surface area (Å²) in [6.07, 6.45) is 3.23. The minimum absolute atomic E-state index is 0.218. The molecule has 0 aromatic heterocycles. The molecule has 3 heterocycles. The zero-order chi connectivity index (χ0) is 16.1. The van der Waals surface area contributed by atoms with E-state index in [-0.39, 0.29) is 17.1 Å². The molecule has 2 amide bonds. The van der Waals surface area contributed by atoms with Crippen LogP contribution in [-0.4, -0.2) is 45.7 Å². The van der Waals surface area contributed by atoms with Gasteiger partial charge in [-0.3, -0.25) is 0 Å². The van der Waals surface area contributed by atoms with Crippen molar-refractivity contribution in [3.05, 3.63) is 37.6 Å². The molecule has 3 aliphatic rings. The molecule has 4 bridgehead atoms. The Hall–Kier alpha value is -1.47. The van der Waals surface area contributed by atoms with Crippen LogP contribution in [0.1, 0.15) is 24.0 Å².